The Morgan fingerprint density at radius 3 is 2.47 bits per heavy atom. The van der Waals surface area contributed by atoms with Gasteiger partial charge in [-0.3, -0.25) is 4.98 Å². The van der Waals surface area contributed by atoms with Gasteiger partial charge in [0.1, 0.15) is 5.75 Å². The van der Waals surface area contributed by atoms with Crippen molar-refractivity contribution in [2.45, 2.75) is 6.92 Å². The molecule has 0 aliphatic carbocycles. The molecule has 0 atom stereocenters. The molecule has 0 N–H and O–H groups in total. The summed E-state index contributed by atoms with van der Waals surface area (Å²) in [6, 6.07) is 13.9. The van der Waals surface area contributed by atoms with E-state index >= 15 is 0 Å². The topological polar surface area (TPSA) is 35.0 Å². The fraction of sp³-hybridized carbons (Fsp3) is 0.125. The van der Waals surface area contributed by atoms with Crippen LogP contribution in [0.3, 0.4) is 0 Å². The standard InChI is InChI=1S/C16H14N2O/c1-11-3-8-14-15(9-11)18-16(10-17-14)12-4-6-13(19-2)7-5-12/h3-10H,1-2H3. The summed E-state index contributed by atoms with van der Waals surface area (Å²) in [6.07, 6.45) is 1.81. The number of nitrogens with zero attached hydrogens (tertiary/aromatic N) is 2. The third-order valence-corrected chi connectivity index (χ3v) is 3.08. The summed E-state index contributed by atoms with van der Waals surface area (Å²) in [6.45, 7) is 2.06. The van der Waals surface area contributed by atoms with Gasteiger partial charge in [0.25, 0.3) is 0 Å². The monoisotopic (exact) mass is 250 g/mol. The van der Waals surface area contributed by atoms with Crippen LogP contribution >= 0.6 is 0 Å². The minimum absolute atomic E-state index is 0.841. The van der Waals surface area contributed by atoms with E-state index in [-0.39, 0.29) is 0 Å². The molecule has 0 aliphatic heterocycles. The summed E-state index contributed by atoms with van der Waals surface area (Å²) in [5.41, 5.74) is 4.95. The highest BCUT2D eigenvalue weighted by molar-refractivity contribution is 5.77. The van der Waals surface area contributed by atoms with Crippen molar-refractivity contribution in [2.24, 2.45) is 0 Å². The lowest BCUT2D eigenvalue weighted by Crippen LogP contribution is -1.89. The number of fused-ring (bicyclic) bond motifs is 1. The van der Waals surface area contributed by atoms with Gasteiger partial charge in [-0.05, 0) is 48.9 Å². The van der Waals surface area contributed by atoms with Crippen LogP contribution in [0.15, 0.2) is 48.7 Å². The SMILES string of the molecule is COc1ccc(-c2cnc3ccc(C)cc3n2)cc1. The Kier molecular flexibility index (Phi) is 2.88. The van der Waals surface area contributed by atoms with Gasteiger partial charge in [-0.15, -0.1) is 0 Å². The number of hydrogen-bond acceptors (Lipinski definition) is 3. The largest absolute Gasteiger partial charge is 0.497 e. The van der Waals surface area contributed by atoms with Crippen LogP contribution < -0.4 is 4.74 Å². The summed E-state index contributed by atoms with van der Waals surface area (Å²) in [5, 5.41) is 0. The van der Waals surface area contributed by atoms with Crippen molar-refractivity contribution in [1.82, 2.24) is 9.97 Å². The highest BCUT2D eigenvalue weighted by Gasteiger charge is 2.03. The molecule has 0 radical (unpaired) electrons. The van der Waals surface area contributed by atoms with E-state index in [0.717, 1.165) is 28.0 Å². The van der Waals surface area contributed by atoms with Crippen LogP contribution in [0.5, 0.6) is 5.75 Å². The van der Waals surface area contributed by atoms with Crippen LogP contribution in [0, 0.1) is 6.92 Å². The molecule has 0 unspecified atom stereocenters. The van der Waals surface area contributed by atoms with Crippen LogP contribution in [-0.4, -0.2) is 17.1 Å². The van der Waals surface area contributed by atoms with Gasteiger partial charge in [-0.25, -0.2) is 4.98 Å². The predicted octanol–water partition coefficient (Wildman–Crippen LogP) is 3.61. The molecule has 3 rings (SSSR count). The summed E-state index contributed by atoms with van der Waals surface area (Å²) in [5.74, 6) is 0.841. The molecule has 0 bridgehead atoms. The summed E-state index contributed by atoms with van der Waals surface area (Å²) < 4.78 is 5.15. The Morgan fingerprint density at radius 2 is 1.74 bits per heavy atom. The summed E-state index contributed by atoms with van der Waals surface area (Å²) in [7, 11) is 1.66. The first kappa shape index (κ1) is 11.7. The van der Waals surface area contributed by atoms with Gasteiger partial charge in [0, 0.05) is 5.56 Å². The second kappa shape index (κ2) is 4.69. The smallest absolute Gasteiger partial charge is 0.118 e. The van der Waals surface area contributed by atoms with Gasteiger partial charge in [-0.1, -0.05) is 6.07 Å². The molecule has 0 saturated heterocycles. The van der Waals surface area contributed by atoms with Crippen molar-refractivity contribution in [3.05, 3.63) is 54.2 Å². The third kappa shape index (κ3) is 2.27. The van der Waals surface area contributed by atoms with E-state index in [9.17, 15) is 0 Å². The zero-order chi connectivity index (χ0) is 13.2. The van der Waals surface area contributed by atoms with E-state index in [0.29, 0.717) is 0 Å². The number of ether oxygens (including phenoxy) is 1. The molecule has 0 fully saturated rings. The molecule has 0 aliphatic rings. The Morgan fingerprint density at radius 1 is 0.947 bits per heavy atom. The zero-order valence-electron chi connectivity index (χ0n) is 10.9. The van der Waals surface area contributed by atoms with E-state index in [1.165, 1.54) is 5.56 Å². The van der Waals surface area contributed by atoms with E-state index in [4.69, 9.17) is 4.74 Å². The van der Waals surface area contributed by atoms with Gasteiger partial charge in [0.05, 0.1) is 30.0 Å². The average Bonchev–Trinajstić information content (AvgIpc) is 2.46. The summed E-state index contributed by atoms with van der Waals surface area (Å²) >= 11 is 0. The minimum Gasteiger partial charge on any atom is -0.497 e. The molecule has 2 aromatic carbocycles. The van der Waals surface area contributed by atoms with Crippen LogP contribution in [0.1, 0.15) is 5.56 Å². The van der Waals surface area contributed by atoms with Crippen LogP contribution in [0.2, 0.25) is 0 Å². The number of hydrogen-bond donors (Lipinski definition) is 0. The molecular formula is C16H14N2O. The highest BCUT2D eigenvalue weighted by atomic mass is 16.5. The van der Waals surface area contributed by atoms with Crippen molar-refractivity contribution in [2.75, 3.05) is 7.11 Å². The third-order valence-electron chi connectivity index (χ3n) is 3.08. The van der Waals surface area contributed by atoms with Crippen molar-refractivity contribution in [3.63, 3.8) is 0 Å². The van der Waals surface area contributed by atoms with Crippen molar-refractivity contribution in [3.8, 4) is 17.0 Å². The number of methoxy groups -OCH3 is 1. The molecule has 0 spiro atoms. The summed E-state index contributed by atoms with van der Waals surface area (Å²) in [4.78, 5) is 9.11. The Labute approximate surface area is 111 Å². The van der Waals surface area contributed by atoms with Crippen molar-refractivity contribution >= 4 is 11.0 Å². The lowest BCUT2D eigenvalue weighted by Gasteiger charge is -2.04. The van der Waals surface area contributed by atoms with Crippen LogP contribution in [0.25, 0.3) is 22.3 Å². The number of aromatic nitrogens is 2. The van der Waals surface area contributed by atoms with Crippen LogP contribution in [-0.2, 0) is 0 Å². The zero-order valence-corrected chi connectivity index (χ0v) is 10.9. The maximum absolute atomic E-state index is 5.15. The first-order valence-corrected chi connectivity index (χ1v) is 6.14. The molecule has 3 aromatic rings. The first-order valence-electron chi connectivity index (χ1n) is 6.14. The molecule has 3 heteroatoms. The fourth-order valence-electron chi connectivity index (χ4n) is 2.02. The normalized spacial score (nSPS) is 10.6. The van der Waals surface area contributed by atoms with Crippen LogP contribution in [0.4, 0.5) is 0 Å². The van der Waals surface area contributed by atoms with E-state index < -0.39 is 0 Å². The van der Waals surface area contributed by atoms with Gasteiger partial charge in [-0.2, -0.15) is 0 Å². The Hall–Kier alpha value is -2.42. The Balaban J connectivity index is 2.08. The van der Waals surface area contributed by atoms with Gasteiger partial charge < -0.3 is 4.74 Å². The molecule has 1 heterocycles. The first-order chi connectivity index (χ1) is 9.26. The number of aryl methyl sites for hydroxylation is 1. The number of benzene rings is 2. The van der Waals surface area contributed by atoms with E-state index in [1.807, 2.05) is 36.4 Å². The van der Waals surface area contributed by atoms with E-state index in [2.05, 4.69) is 23.0 Å². The molecule has 1 aromatic heterocycles. The van der Waals surface area contributed by atoms with Gasteiger partial charge in [0.15, 0.2) is 0 Å². The average molecular weight is 250 g/mol. The molecule has 94 valence electrons. The maximum atomic E-state index is 5.15. The molecular weight excluding hydrogens is 236 g/mol. The van der Waals surface area contributed by atoms with Gasteiger partial charge >= 0.3 is 0 Å². The second-order valence-corrected chi connectivity index (χ2v) is 4.48. The molecule has 0 saturated carbocycles. The number of rotatable bonds is 2. The molecule has 19 heavy (non-hydrogen) atoms. The van der Waals surface area contributed by atoms with Gasteiger partial charge in [0.2, 0.25) is 0 Å². The molecule has 0 amide bonds. The lowest BCUT2D eigenvalue weighted by atomic mass is 10.1. The lowest BCUT2D eigenvalue weighted by molar-refractivity contribution is 0.415. The predicted molar refractivity (Wildman–Crippen MR) is 76.3 cm³/mol. The second-order valence-electron chi connectivity index (χ2n) is 4.48. The quantitative estimate of drug-likeness (QED) is 0.696. The maximum Gasteiger partial charge on any atom is 0.118 e. The van der Waals surface area contributed by atoms with Crippen molar-refractivity contribution < 1.29 is 4.74 Å². The molecule has 3 nitrogen and oxygen atoms in total. The fourth-order valence-corrected chi connectivity index (χ4v) is 2.02. The minimum atomic E-state index is 0.841. The highest BCUT2D eigenvalue weighted by Crippen LogP contribution is 2.22. The van der Waals surface area contributed by atoms with E-state index in [1.54, 1.807) is 13.3 Å². The Bertz CT molecular complexity index is 720. The van der Waals surface area contributed by atoms with Crippen molar-refractivity contribution in [1.29, 1.82) is 0 Å².